The molecule has 0 amide bonds. The molecule has 0 spiro atoms. The Bertz CT molecular complexity index is 449. The molecule has 3 nitrogen and oxygen atoms in total. The predicted octanol–water partition coefficient (Wildman–Crippen LogP) is 2.07. The number of nitriles is 1. The third-order valence-corrected chi connectivity index (χ3v) is 2.32. The van der Waals surface area contributed by atoms with Crippen LogP contribution in [0.1, 0.15) is 16.8 Å². The number of aromatic amines is 1. The van der Waals surface area contributed by atoms with Crippen molar-refractivity contribution in [3.8, 4) is 6.07 Å². The Morgan fingerprint density at radius 1 is 1.20 bits per heavy atom. The smallest absolute Gasteiger partial charge is 0.0991 e. The zero-order chi connectivity index (χ0) is 10.5. The SMILES string of the molecule is N#Cc1ccc(CCc2cnc[nH]2)cc1. The second-order valence-corrected chi connectivity index (χ2v) is 3.39. The summed E-state index contributed by atoms with van der Waals surface area (Å²) < 4.78 is 0. The molecule has 2 rings (SSSR count). The highest BCUT2D eigenvalue weighted by Crippen LogP contribution is 2.06. The molecule has 2 aromatic rings. The van der Waals surface area contributed by atoms with Crippen molar-refractivity contribution in [1.29, 1.82) is 5.26 Å². The molecule has 0 aliphatic heterocycles. The van der Waals surface area contributed by atoms with Crippen molar-refractivity contribution >= 4 is 0 Å². The summed E-state index contributed by atoms with van der Waals surface area (Å²) in [5, 5.41) is 8.65. The molecule has 0 unspecified atom stereocenters. The number of imidazole rings is 1. The maximum Gasteiger partial charge on any atom is 0.0991 e. The Morgan fingerprint density at radius 3 is 2.60 bits per heavy atom. The van der Waals surface area contributed by atoms with Gasteiger partial charge < -0.3 is 4.98 Å². The second-order valence-electron chi connectivity index (χ2n) is 3.39. The molecule has 0 fully saturated rings. The van der Waals surface area contributed by atoms with Crippen LogP contribution in [0.15, 0.2) is 36.8 Å². The fourth-order valence-corrected chi connectivity index (χ4v) is 1.45. The lowest BCUT2D eigenvalue weighted by Crippen LogP contribution is -1.91. The highest BCUT2D eigenvalue weighted by atomic mass is 14.9. The summed E-state index contributed by atoms with van der Waals surface area (Å²) in [6.07, 6.45) is 5.44. The van der Waals surface area contributed by atoms with E-state index in [9.17, 15) is 0 Å². The third-order valence-electron chi connectivity index (χ3n) is 2.32. The Balaban J connectivity index is 1.97. The van der Waals surface area contributed by atoms with Gasteiger partial charge >= 0.3 is 0 Å². The first-order valence-electron chi connectivity index (χ1n) is 4.85. The molecule has 1 N–H and O–H groups in total. The van der Waals surface area contributed by atoms with E-state index in [1.54, 1.807) is 6.33 Å². The average molecular weight is 197 g/mol. The summed E-state index contributed by atoms with van der Waals surface area (Å²) in [6.45, 7) is 0. The molecular weight excluding hydrogens is 186 g/mol. The quantitative estimate of drug-likeness (QED) is 0.818. The zero-order valence-corrected chi connectivity index (χ0v) is 8.27. The van der Waals surface area contributed by atoms with Crippen LogP contribution >= 0.6 is 0 Å². The van der Waals surface area contributed by atoms with Crippen molar-refractivity contribution in [2.75, 3.05) is 0 Å². The first-order valence-corrected chi connectivity index (χ1v) is 4.85. The summed E-state index contributed by atoms with van der Waals surface area (Å²) >= 11 is 0. The van der Waals surface area contributed by atoms with E-state index >= 15 is 0 Å². The molecule has 0 radical (unpaired) electrons. The summed E-state index contributed by atoms with van der Waals surface area (Å²) in [5.74, 6) is 0. The standard InChI is InChI=1S/C12H11N3/c13-7-11-3-1-10(2-4-11)5-6-12-8-14-9-15-12/h1-4,8-9H,5-6H2,(H,14,15). The lowest BCUT2D eigenvalue weighted by molar-refractivity contribution is 0.925. The van der Waals surface area contributed by atoms with Gasteiger partial charge in [-0.1, -0.05) is 12.1 Å². The third kappa shape index (κ3) is 2.44. The number of hydrogen-bond acceptors (Lipinski definition) is 2. The van der Waals surface area contributed by atoms with Crippen molar-refractivity contribution in [3.63, 3.8) is 0 Å². The largest absolute Gasteiger partial charge is 0.348 e. The van der Waals surface area contributed by atoms with Crippen LogP contribution in [0, 0.1) is 11.3 Å². The van der Waals surface area contributed by atoms with Crippen LogP contribution in [0.2, 0.25) is 0 Å². The van der Waals surface area contributed by atoms with E-state index < -0.39 is 0 Å². The number of rotatable bonds is 3. The van der Waals surface area contributed by atoms with Gasteiger partial charge in [0.2, 0.25) is 0 Å². The van der Waals surface area contributed by atoms with E-state index in [2.05, 4.69) is 16.0 Å². The van der Waals surface area contributed by atoms with Gasteiger partial charge in [0, 0.05) is 11.9 Å². The lowest BCUT2D eigenvalue weighted by atomic mass is 10.1. The van der Waals surface area contributed by atoms with E-state index in [1.807, 2.05) is 30.5 Å². The maximum absolute atomic E-state index is 8.65. The zero-order valence-electron chi connectivity index (χ0n) is 8.27. The van der Waals surface area contributed by atoms with Crippen molar-refractivity contribution in [3.05, 3.63) is 53.6 Å². The number of nitrogens with zero attached hydrogens (tertiary/aromatic N) is 2. The van der Waals surface area contributed by atoms with Crippen molar-refractivity contribution < 1.29 is 0 Å². The minimum atomic E-state index is 0.709. The van der Waals surface area contributed by atoms with Crippen LogP contribution in [-0.4, -0.2) is 9.97 Å². The van der Waals surface area contributed by atoms with Gasteiger partial charge in [0.05, 0.1) is 18.0 Å². The minimum absolute atomic E-state index is 0.709. The summed E-state index contributed by atoms with van der Waals surface area (Å²) in [6, 6.07) is 9.80. The number of aryl methyl sites for hydroxylation is 2. The number of benzene rings is 1. The van der Waals surface area contributed by atoms with Crippen LogP contribution < -0.4 is 0 Å². The van der Waals surface area contributed by atoms with Crippen LogP contribution in [0.5, 0.6) is 0 Å². The Hall–Kier alpha value is -2.08. The van der Waals surface area contributed by atoms with Gasteiger partial charge in [-0.25, -0.2) is 4.98 Å². The summed E-state index contributed by atoms with van der Waals surface area (Å²) in [7, 11) is 0. The Labute approximate surface area is 88.4 Å². The van der Waals surface area contributed by atoms with Crippen molar-refractivity contribution in [2.24, 2.45) is 0 Å². The monoisotopic (exact) mass is 197 g/mol. The van der Waals surface area contributed by atoms with Gasteiger partial charge in [0.25, 0.3) is 0 Å². The highest BCUT2D eigenvalue weighted by molar-refractivity contribution is 5.31. The fourth-order valence-electron chi connectivity index (χ4n) is 1.45. The van der Waals surface area contributed by atoms with E-state index in [4.69, 9.17) is 5.26 Å². The number of nitrogens with one attached hydrogen (secondary N) is 1. The van der Waals surface area contributed by atoms with Crippen LogP contribution in [0.4, 0.5) is 0 Å². The van der Waals surface area contributed by atoms with E-state index in [-0.39, 0.29) is 0 Å². The van der Waals surface area contributed by atoms with E-state index in [0.717, 1.165) is 18.5 Å². The summed E-state index contributed by atoms with van der Waals surface area (Å²) in [5.41, 5.74) is 3.09. The average Bonchev–Trinajstić information content (AvgIpc) is 2.80. The fraction of sp³-hybridized carbons (Fsp3) is 0.167. The van der Waals surface area contributed by atoms with Gasteiger partial charge in [-0.2, -0.15) is 5.26 Å². The number of hydrogen-bond donors (Lipinski definition) is 1. The van der Waals surface area contributed by atoms with Crippen LogP contribution in [0.3, 0.4) is 0 Å². The molecule has 15 heavy (non-hydrogen) atoms. The van der Waals surface area contributed by atoms with Crippen molar-refractivity contribution in [1.82, 2.24) is 9.97 Å². The second kappa shape index (κ2) is 4.43. The van der Waals surface area contributed by atoms with Crippen molar-refractivity contribution in [2.45, 2.75) is 12.8 Å². The van der Waals surface area contributed by atoms with E-state index in [0.29, 0.717) is 5.56 Å². The molecule has 0 atom stereocenters. The number of aromatic nitrogens is 2. The Morgan fingerprint density at radius 2 is 2.00 bits per heavy atom. The van der Waals surface area contributed by atoms with E-state index in [1.165, 1.54) is 5.56 Å². The molecule has 3 heteroatoms. The van der Waals surface area contributed by atoms with Gasteiger partial charge in [-0.3, -0.25) is 0 Å². The normalized spacial score (nSPS) is 9.80. The molecule has 0 aliphatic rings. The van der Waals surface area contributed by atoms with Crippen LogP contribution in [0.25, 0.3) is 0 Å². The number of H-pyrrole nitrogens is 1. The molecule has 1 heterocycles. The molecular formula is C12H11N3. The molecule has 1 aromatic heterocycles. The molecule has 0 saturated heterocycles. The molecule has 74 valence electrons. The molecule has 1 aromatic carbocycles. The molecule has 0 saturated carbocycles. The molecule has 0 aliphatic carbocycles. The molecule has 0 bridgehead atoms. The lowest BCUT2D eigenvalue weighted by Gasteiger charge is -1.99. The van der Waals surface area contributed by atoms with Gasteiger partial charge in [-0.15, -0.1) is 0 Å². The Kier molecular flexibility index (Phi) is 2.80. The maximum atomic E-state index is 8.65. The summed E-state index contributed by atoms with van der Waals surface area (Å²) in [4.78, 5) is 7.03. The predicted molar refractivity (Wildman–Crippen MR) is 57.2 cm³/mol. The van der Waals surface area contributed by atoms with Crippen LogP contribution in [-0.2, 0) is 12.8 Å². The van der Waals surface area contributed by atoms with Gasteiger partial charge in [-0.05, 0) is 30.5 Å². The minimum Gasteiger partial charge on any atom is -0.348 e. The highest BCUT2D eigenvalue weighted by Gasteiger charge is 1.97. The van der Waals surface area contributed by atoms with Gasteiger partial charge in [0.1, 0.15) is 0 Å². The first-order chi connectivity index (χ1) is 7.38. The topological polar surface area (TPSA) is 52.5 Å². The first kappa shape index (κ1) is 9.47. The van der Waals surface area contributed by atoms with Gasteiger partial charge in [0.15, 0.2) is 0 Å².